The van der Waals surface area contributed by atoms with Crippen LogP contribution in [0.15, 0.2) is 18.2 Å². The highest BCUT2D eigenvalue weighted by Gasteiger charge is 2.15. The molecule has 0 heterocycles. The summed E-state index contributed by atoms with van der Waals surface area (Å²) in [4.78, 5) is 2.30. The van der Waals surface area contributed by atoms with Crippen LogP contribution < -0.4 is 10.2 Å². The largest absolute Gasteiger partial charge is 0.371 e. The molecule has 120 valence electrons. The summed E-state index contributed by atoms with van der Waals surface area (Å²) in [5.74, 6) is 1.08. The molecule has 21 heavy (non-hydrogen) atoms. The van der Waals surface area contributed by atoms with E-state index in [2.05, 4.69) is 44.8 Å². The average molecular weight is 294 g/mol. The highest BCUT2D eigenvalue weighted by atomic mass is 19.1. The fourth-order valence-electron chi connectivity index (χ4n) is 2.41. The number of benzene rings is 1. The number of hydrogen-bond acceptors (Lipinski definition) is 2. The lowest BCUT2D eigenvalue weighted by molar-refractivity contribution is 0.526. The molecule has 2 nitrogen and oxygen atoms in total. The first-order chi connectivity index (χ1) is 9.99. The molecule has 0 saturated heterocycles. The third-order valence-electron chi connectivity index (χ3n) is 3.90. The first-order valence-electron chi connectivity index (χ1n) is 8.22. The zero-order valence-corrected chi connectivity index (χ0v) is 14.2. The maximum atomic E-state index is 14.2. The first-order valence-corrected chi connectivity index (χ1v) is 8.22. The Morgan fingerprint density at radius 3 is 2.48 bits per heavy atom. The molecule has 1 aromatic rings. The molecule has 0 aromatic heterocycles. The van der Waals surface area contributed by atoms with Gasteiger partial charge in [0.25, 0.3) is 0 Å². The van der Waals surface area contributed by atoms with E-state index < -0.39 is 0 Å². The molecule has 0 spiro atoms. The average Bonchev–Trinajstić information content (AvgIpc) is 2.46. The quantitative estimate of drug-likeness (QED) is 0.724. The lowest BCUT2D eigenvalue weighted by Gasteiger charge is -2.28. The summed E-state index contributed by atoms with van der Waals surface area (Å²) in [5.41, 5.74) is 1.83. The van der Waals surface area contributed by atoms with Gasteiger partial charge in [0.1, 0.15) is 5.82 Å². The number of halogens is 1. The van der Waals surface area contributed by atoms with Gasteiger partial charge in [-0.05, 0) is 37.4 Å². The van der Waals surface area contributed by atoms with Crippen LogP contribution in [-0.4, -0.2) is 19.6 Å². The maximum absolute atomic E-state index is 14.2. The second-order valence-corrected chi connectivity index (χ2v) is 6.31. The summed E-state index contributed by atoms with van der Waals surface area (Å²) in [6.45, 7) is 14.3. The van der Waals surface area contributed by atoms with Crippen LogP contribution in [0.3, 0.4) is 0 Å². The monoisotopic (exact) mass is 294 g/mol. The Hall–Kier alpha value is -1.09. The highest BCUT2D eigenvalue weighted by molar-refractivity contribution is 5.54. The van der Waals surface area contributed by atoms with Crippen LogP contribution in [0.25, 0.3) is 0 Å². The van der Waals surface area contributed by atoms with Crippen molar-refractivity contribution in [3.05, 3.63) is 29.6 Å². The molecule has 0 aliphatic rings. The topological polar surface area (TPSA) is 15.3 Å². The molecule has 0 fully saturated rings. The van der Waals surface area contributed by atoms with Gasteiger partial charge in [-0.3, -0.25) is 0 Å². The molecule has 0 aliphatic carbocycles. The summed E-state index contributed by atoms with van der Waals surface area (Å²) >= 11 is 0. The summed E-state index contributed by atoms with van der Waals surface area (Å²) in [6.07, 6.45) is 1.15. The predicted molar refractivity (Wildman–Crippen MR) is 90.3 cm³/mol. The van der Waals surface area contributed by atoms with E-state index in [4.69, 9.17) is 0 Å². The second kappa shape index (κ2) is 9.04. The van der Waals surface area contributed by atoms with Gasteiger partial charge in [0, 0.05) is 30.9 Å². The molecule has 0 radical (unpaired) electrons. The fraction of sp³-hybridized carbons (Fsp3) is 0.667. The molecular formula is C18H31FN2. The zero-order valence-electron chi connectivity index (χ0n) is 14.2. The van der Waals surface area contributed by atoms with Gasteiger partial charge in [0.05, 0.1) is 0 Å². The number of nitrogens with one attached hydrogen (secondary N) is 1. The number of anilines is 1. The minimum Gasteiger partial charge on any atom is -0.371 e. The van der Waals surface area contributed by atoms with Gasteiger partial charge in [-0.2, -0.15) is 0 Å². The first kappa shape index (κ1) is 18.0. The van der Waals surface area contributed by atoms with Crippen LogP contribution in [-0.2, 0) is 6.54 Å². The normalized spacial score (nSPS) is 12.7. The predicted octanol–water partition coefficient (Wildman–Crippen LogP) is 4.44. The van der Waals surface area contributed by atoms with Crippen LogP contribution in [0.2, 0.25) is 0 Å². The van der Waals surface area contributed by atoms with E-state index in [9.17, 15) is 4.39 Å². The van der Waals surface area contributed by atoms with Gasteiger partial charge < -0.3 is 10.2 Å². The van der Waals surface area contributed by atoms with Gasteiger partial charge in [-0.1, -0.05) is 40.2 Å². The molecular weight excluding hydrogens is 263 g/mol. The Labute approximate surface area is 129 Å². The van der Waals surface area contributed by atoms with Crippen molar-refractivity contribution >= 4 is 5.69 Å². The van der Waals surface area contributed by atoms with E-state index in [1.165, 1.54) is 0 Å². The zero-order chi connectivity index (χ0) is 15.8. The maximum Gasteiger partial charge on any atom is 0.129 e. The molecule has 1 aromatic carbocycles. The third-order valence-corrected chi connectivity index (χ3v) is 3.90. The molecule has 1 rings (SSSR count). The molecule has 3 heteroatoms. The Balaban J connectivity index is 2.90. The van der Waals surface area contributed by atoms with Crippen molar-refractivity contribution in [3.63, 3.8) is 0 Å². The van der Waals surface area contributed by atoms with E-state index in [1.807, 2.05) is 12.1 Å². The summed E-state index contributed by atoms with van der Waals surface area (Å²) in [6, 6.07) is 5.42. The smallest absolute Gasteiger partial charge is 0.129 e. The molecule has 0 aliphatic heterocycles. The van der Waals surface area contributed by atoms with Crippen molar-refractivity contribution in [3.8, 4) is 0 Å². The fourth-order valence-corrected chi connectivity index (χ4v) is 2.41. The van der Waals surface area contributed by atoms with E-state index in [0.717, 1.165) is 37.3 Å². The van der Waals surface area contributed by atoms with Gasteiger partial charge in [-0.25, -0.2) is 4.39 Å². The standard InChI is InChI=1S/C18H31FN2/c1-6-15(5)13-21(7-2)18-10-8-9-17(19)16(18)12-20-11-14(3)4/h8-10,14-15,20H,6-7,11-13H2,1-5H3. The molecule has 1 unspecified atom stereocenters. The van der Waals surface area contributed by atoms with Crippen molar-refractivity contribution in [2.75, 3.05) is 24.5 Å². The molecule has 0 amide bonds. The Bertz CT molecular complexity index is 418. The van der Waals surface area contributed by atoms with E-state index in [1.54, 1.807) is 6.07 Å². The van der Waals surface area contributed by atoms with Crippen molar-refractivity contribution in [1.29, 1.82) is 0 Å². The van der Waals surface area contributed by atoms with Crippen LogP contribution in [0.1, 0.15) is 46.6 Å². The number of nitrogens with zero attached hydrogens (tertiary/aromatic N) is 1. The summed E-state index contributed by atoms with van der Waals surface area (Å²) in [5, 5.41) is 3.36. The highest BCUT2D eigenvalue weighted by Crippen LogP contribution is 2.24. The number of rotatable bonds is 9. The van der Waals surface area contributed by atoms with Gasteiger partial charge in [-0.15, -0.1) is 0 Å². The van der Waals surface area contributed by atoms with Crippen molar-refractivity contribution in [1.82, 2.24) is 5.32 Å². The van der Waals surface area contributed by atoms with Crippen molar-refractivity contribution in [2.24, 2.45) is 11.8 Å². The van der Waals surface area contributed by atoms with Crippen molar-refractivity contribution in [2.45, 2.75) is 47.6 Å². The second-order valence-electron chi connectivity index (χ2n) is 6.31. The third kappa shape index (κ3) is 5.66. The minimum absolute atomic E-state index is 0.105. The lowest BCUT2D eigenvalue weighted by Crippen LogP contribution is -2.30. The Kier molecular flexibility index (Phi) is 7.73. The molecule has 1 atom stereocenters. The van der Waals surface area contributed by atoms with Gasteiger partial charge in [0.15, 0.2) is 0 Å². The van der Waals surface area contributed by atoms with Crippen LogP contribution in [0.4, 0.5) is 10.1 Å². The Morgan fingerprint density at radius 1 is 1.19 bits per heavy atom. The molecule has 0 saturated carbocycles. The summed E-state index contributed by atoms with van der Waals surface area (Å²) < 4.78 is 14.2. The SMILES string of the molecule is CCC(C)CN(CC)c1cccc(F)c1CNCC(C)C. The van der Waals surface area contributed by atoms with Gasteiger partial charge >= 0.3 is 0 Å². The van der Waals surface area contributed by atoms with E-state index in [0.29, 0.717) is 18.4 Å². The lowest BCUT2D eigenvalue weighted by atomic mass is 10.1. The minimum atomic E-state index is -0.105. The van der Waals surface area contributed by atoms with E-state index in [-0.39, 0.29) is 5.82 Å². The van der Waals surface area contributed by atoms with Crippen LogP contribution in [0, 0.1) is 17.7 Å². The molecule has 1 N–H and O–H groups in total. The Morgan fingerprint density at radius 2 is 1.90 bits per heavy atom. The number of hydrogen-bond donors (Lipinski definition) is 1. The van der Waals surface area contributed by atoms with Crippen molar-refractivity contribution < 1.29 is 4.39 Å². The summed E-state index contributed by atoms with van der Waals surface area (Å²) in [7, 11) is 0. The van der Waals surface area contributed by atoms with Crippen LogP contribution in [0.5, 0.6) is 0 Å². The van der Waals surface area contributed by atoms with Crippen LogP contribution >= 0.6 is 0 Å². The van der Waals surface area contributed by atoms with Gasteiger partial charge in [0.2, 0.25) is 0 Å². The van der Waals surface area contributed by atoms with E-state index >= 15 is 0 Å². The molecule has 0 bridgehead atoms.